The van der Waals surface area contributed by atoms with E-state index in [4.69, 9.17) is 0 Å². The highest BCUT2D eigenvalue weighted by Crippen LogP contribution is 2.09. The van der Waals surface area contributed by atoms with Crippen molar-refractivity contribution in [3.8, 4) is 0 Å². The molecule has 0 radical (unpaired) electrons. The molecule has 84 valence electrons. The van der Waals surface area contributed by atoms with Crippen LogP contribution in [0, 0.1) is 0 Å². The zero-order chi connectivity index (χ0) is 10.5. The number of aromatic amines is 1. The topological polar surface area (TPSA) is 31.1 Å². The largest absolute Gasteiger partial charge is 0.367 e. The van der Waals surface area contributed by atoms with E-state index in [0.717, 1.165) is 13.1 Å². The fourth-order valence-corrected chi connectivity index (χ4v) is 2.29. The molecule has 3 heteroatoms. The van der Waals surface area contributed by atoms with Gasteiger partial charge in [-0.3, -0.25) is 4.90 Å². The van der Waals surface area contributed by atoms with Gasteiger partial charge < -0.3 is 10.3 Å². The lowest BCUT2D eigenvalue weighted by Gasteiger charge is -2.33. The number of H-pyrrole nitrogens is 1. The minimum atomic E-state index is 0.697. The van der Waals surface area contributed by atoms with Crippen molar-refractivity contribution < 1.29 is 0 Å². The molecule has 0 saturated carbocycles. The third-order valence-electron chi connectivity index (χ3n) is 3.05. The van der Waals surface area contributed by atoms with Gasteiger partial charge in [-0.15, -0.1) is 0 Å². The van der Waals surface area contributed by atoms with Crippen LogP contribution >= 0.6 is 0 Å². The van der Waals surface area contributed by atoms with Gasteiger partial charge in [-0.05, 0) is 18.1 Å². The molecule has 1 aliphatic heterocycles. The molecule has 1 fully saturated rings. The summed E-state index contributed by atoms with van der Waals surface area (Å²) in [5, 5.41) is 3.58. The Morgan fingerprint density at radius 1 is 1.53 bits per heavy atom. The van der Waals surface area contributed by atoms with Crippen LogP contribution < -0.4 is 5.32 Å². The maximum absolute atomic E-state index is 3.58. The number of hydrogen-bond donors (Lipinski definition) is 2. The third kappa shape index (κ3) is 3.08. The first-order valence-corrected chi connectivity index (χ1v) is 5.96. The van der Waals surface area contributed by atoms with Gasteiger partial charge in [0, 0.05) is 44.6 Å². The summed E-state index contributed by atoms with van der Waals surface area (Å²) < 4.78 is 0. The highest BCUT2D eigenvalue weighted by Gasteiger charge is 2.18. The molecule has 0 aromatic carbocycles. The Morgan fingerprint density at radius 3 is 3.20 bits per heavy atom. The van der Waals surface area contributed by atoms with Crippen molar-refractivity contribution in [2.45, 2.75) is 32.4 Å². The van der Waals surface area contributed by atoms with Crippen LogP contribution in [0.4, 0.5) is 0 Å². The van der Waals surface area contributed by atoms with Crippen LogP contribution in [0.2, 0.25) is 0 Å². The van der Waals surface area contributed by atoms with Crippen molar-refractivity contribution in [3.63, 3.8) is 0 Å². The van der Waals surface area contributed by atoms with Crippen LogP contribution in [0.15, 0.2) is 18.5 Å². The van der Waals surface area contributed by atoms with Crippen molar-refractivity contribution in [1.82, 2.24) is 15.2 Å². The molecule has 0 spiro atoms. The van der Waals surface area contributed by atoms with E-state index in [1.165, 1.54) is 31.5 Å². The Kier molecular flexibility index (Phi) is 3.80. The highest BCUT2D eigenvalue weighted by molar-refractivity contribution is 5.08. The standard InChI is InChI=1S/C12H21N3/c1-2-3-12-10-15(7-6-14-12)9-11-4-5-13-8-11/h4-5,8,12-14H,2-3,6-7,9-10H2,1H3. The van der Waals surface area contributed by atoms with Crippen molar-refractivity contribution >= 4 is 0 Å². The maximum atomic E-state index is 3.58. The van der Waals surface area contributed by atoms with Crippen LogP contribution in [-0.4, -0.2) is 35.6 Å². The van der Waals surface area contributed by atoms with Crippen LogP contribution in [0.25, 0.3) is 0 Å². The number of rotatable bonds is 4. The molecule has 1 aliphatic rings. The van der Waals surface area contributed by atoms with Crippen molar-refractivity contribution in [3.05, 3.63) is 24.0 Å². The first-order chi connectivity index (χ1) is 7.38. The van der Waals surface area contributed by atoms with Crippen LogP contribution in [0.3, 0.4) is 0 Å². The molecule has 3 nitrogen and oxygen atoms in total. The van der Waals surface area contributed by atoms with Gasteiger partial charge in [-0.1, -0.05) is 13.3 Å². The Balaban J connectivity index is 1.82. The van der Waals surface area contributed by atoms with E-state index >= 15 is 0 Å². The maximum Gasteiger partial charge on any atom is 0.0249 e. The molecule has 1 saturated heterocycles. The average Bonchev–Trinajstić information content (AvgIpc) is 2.71. The molecular weight excluding hydrogens is 186 g/mol. The zero-order valence-electron chi connectivity index (χ0n) is 9.50. The lowest BCUT2D eigenvalue weighted by molar-refractivity contribution is 0.187. The Bertz CT molecular complexity index is 266. The summed E-state index contributed by atoms with van der Waals surface area (Å²) in [5.41, 5.74) is 1.40. The van der Waals surface area contributed by atoms with Crippen molar-refractivity contribution in [1.29, 1.82) is 0 Å². The van der Waals surface area contributed by atoms with E-state index in [1.807, 2.05) is 6.20 Å². The second-order valence-corrected chi connectivity index (χ2v) is 4.39. The Morgan fingerprint density at radius 2 is 2.47 bits per heavy atom. The van der Waals surface area contributed by atoms with E-state index in [1.54, 1.807) is 0 Å². The molecule has 1 aromatic heterocycles. The fourth-order valence-electron chi connectivity index (χ4n) is 2.29. The van der Waals surface area contributed by atoms with Gasteiger partial charge in [0.15, 0.2) is 0 Å². The summed E-state index contributed by atoms with van der Waals surface area (Å²) in [5.74, 6) is 0. The van der Waals surface area contributed by atoms with Crippen molar-refractivity contribution in [2.24, 2.45) is 0 Å². The van der Waals surface area contributed by atoms with Gasteiger partial charge >= 0.3 is 0 Å². The molecule has 1 unspecified atom stereocenters. The van der Waals surface area contributed by atoms with Gasteiger partial charge in [-0.25, -0.2) is 0 Å². The predicted octanol–water partition coefficient (Wildman–Crippen LogP) is 1.59. The molecule has 15 heavy (non-hydrogen) atoms. The van der Waals surface area contributed by atoms with Gasteiger partial charge in [0.25, 0.3) is 0 Å². The first-order valence-electron chi connectivity index (χ1n) is 5.96. The molecule has 2 heterocycles. The summed E-state index contributed by atoms with van der Waals surface area (Å²) in [6.45, 7) is 6.84. The minimum Gasteiger partial charge on any atom is -0.367 e. The van der Waals surface area contributed by atoms with Crippen LogP contribution in [-0.2, 0) is 6.54 Å². The van der Waals surface area contributed by atoms with E-state index in [0.29, 0.717) is 6.04 Å². The molecule has 0 aliphatic carbocycles. The van der Waals surface area contributed by atoms with E-state index < -0.39 is 0 Å². The summed E-state index contributed by atoms with van der Waals surface area (Å²) in [6.07, 6.45) is 6.66. The molecule has 0 bridgehead atoms. The Labute approximate surface area is 91.9 Å². The van der Waals surface area contributed by atoms with Crippen LogP contribution in [0.1, 0.15) is 25.3 Å². The molecule has 2 rings (SSSR count). The lowest BCUT2D eigenvalue weighted by Crippen LogP contribution is -2.50. The molecule has 1 aromatic rings. The normalized spacial score (nSPS) is 23.1. The van der Waals surface area contributed by atoms with Gasteiger partial charge in [0.05, 0.1) is 0 Å². The number of nitrogens with one attached hydrogen (secondary N) is 2. The van der Waals surface area contributed by atoms with Gasteiger partial charge in [-0.2, -0.15) is 0 Å². The summed E-state index contributed by atoms with van der Waals surface area (Å²) in [4.78, 5) is 5.66. The molecule has 2 N–H and O–H groups in total. The number of aromatic nitrogens is 1. The van der Waals surface area contributed by atoms with Gasteiger partial charge in [0.1, 0.15) is 0 Å². The second kappa shape index (κ2) is 5.33. The third-order valence-corrected chi connectivity index (χ3v) is 3.05. The van der Waals surface area contributed by atoms with Crippen molar-refractivity contribution in [2.75, 3.05) is 19.6 Å². The molecule has 0 amide bonds. The minimum absolute atomic E-state index is 0.697. The second-order valence-electron chi connectivity index (χ2n) is 4.39. The lowest BCUT2D eigenvalue weighted by atomic mass is 10.1. The van der Waals surface area contributed by atoms with E-state index in [2.05, 4.69) is 34.4 Å². The predicted molar refractivity (Wildman–Crippen MR) is 62.8 cm³/mol. The quantitative estimate of drug-likeness (QED) is 0.785. The van der Waals surface area contributed by atoms with E-state index in [-0.39, 0.29) is 0 Å². The van der Waals surface area contributed by atoms with Gasteiger partial charge in [0.2, 0.25) is 0 Å². The smallest absolute Gasteiger partial charge is 0.0249 e. The molecule has 1 atom stereocenters. The van der Waals surface area contributed by atoms with Crippen LogP contribution in [0.5, 0.6) is 0 Å². The zero-order valence-corrected chi connectivity index (χ0v) is 9.50. The first kappa shape index (κ1) is 10.7. The fraction of sp³-hybridized carbons (Fsp3) is 0.667. The summed E-state index contributed by atoms with van der Waals surface area (Å²) in [7, 11) is 0. The molecular formula is C12H21N3. The summed E-state index contributed by atoms with van der Waals surface area (Å²) >= 11 is 0. The number of piperazine rings is 1. The number of hydrogen-bond acceptors (Lipinski definition) is 2. The average molecular weight is 207 g/mol. The highest BCUT2D eigenvalue weighted by atomic mass is 15.2. The summed E-state index contributed by atoms with van der Waals surface area (Å²) in [6, 6.07) is 2.86. The SMILES string of the molecule is CCCC1CN(Cc2cc[nH]c2)CCN1. The number of nitrogens with zero attached hydrogens (tertiary/aromatic N) is 1. The van der Waals surface area contributed by atoms with E-state index in [9.17, 15) is 0 Å². The Hall–Kier alpha value is -0.800. The monoisotopic (exact) mass is 207 g/mol.